The fourth-order valence-electron chi connectivity index (χ4n) is 2.34. The molecule has 7 heteroatoms. The van der Waals surface area contributed by atoms with Crippen molar-refractivity contribution in [2.24, 2.45) is 0 Å². The topological polar surface area (TPSA) is 47.0 Å². The summed E-state index contributed by atoms with van der Waals surface area (Å²) in [6.45, 7) is 0.605. The number of ether oxygens (including phenoxy) is 1. The lowest BCUT2D eigenvalue weighted by molar-refractivity contribution is -0.274. The van der Waals surface area contributed by atoms with Crippen LogP contribution in [0.2, 0.25) is 0 Å². The first-order chi connectivity index (χ1) is 11.5. The number of fused-ring (bicyclic) bond motifs is 1. The minimum atomic E-state index is -4.67. The van der Waals surface area contributed by atoms with Crippen LogP contribution in [-0.4, -0.2) is 22.9 Å². The third kappa shape index (κ3) is 4.13. The number of anilines is 1. The molecule has 124 valence electrons. The van der Waals surface area contributed by atoms with Gasteiger partial charge >= 0.3 is 6.36 Å². The van der Waals surface area contributed by atoms with E-state index in [0.717, 1.165) is 22.2 Å². The minimum absolute atomic E-state index is 0.220. The van der Waals surface area contributed by atoms with E-state index in [1.807, 2.05) is 12.1 Å². The Morgan fingerprint density at radius 3 is 2.54 bits per heavy atom. The van der Waals surface area contributed by atoms with Crippen LogP contribution >= 0.6 is 0 Å². The summed E-state index contributed by atoms with van der Waals surface area (Å²) < 4.78 is 40.2. The molecule has 2 heterocycles. The molecule has 0 saturated heterocycles. The van der Waals surface area contributed by atoms with Crippen molar-refractivity contribution >= 4 is 16.6 Å². The maximum atomic E-state index is 12.1. The van der Waals surface area contributed by atoms with Gasteiger partial charge in [0.2, 0.25) is 0 Å². The van der Waals surface area contributed by atoms with Crippen LogP contribution in [0.25, 0.3) is 10.8 Å². The predicted molar refractivity (Wildman–Crippen MR) is 84.9 cm³/mol. The van der Waals surface area contributed by atoms with Gasteiger partial charge in [-0.15, -0.1) is 13.2 Å². The molecule has 0 spiro atoms. The second kappa shape index (κ2) is 6.74. The van der Waals surface area contributed by atoms with E-state index in [2.05, 4.69) is 20.0 Å². The zero-order chi connectivity index (χ0) is 17.0. The van der Waals surface area contributed by atoms with E-state index in [4.69, 9.17) is 0 Å². The molecule has 24 heavy (non-hydrogen) atoms. The van der Waals surface area contributed by atoms with Gasteiger partial charge in [-0.3, -0.25) is 4.98 Å². The molecule has 4 nitrogen and oxygen atoms in total. The van der Waals surface area contributed by atoms with E-state index in [-0.39, 0.29) is 5.75 Å². The van der Waals surface area contributed by atoms with Crippen LogP contribution in [0.5, 0.6) is 5.75 Å². The van der Waals surface area contributed by atoms with Crippen molar-refractivity contribution in [1.29, 1.82) is 0 Å². The summed E-state index contributed by atoms with van der Waals surface area (Å²) in [5.41, 5.74) is 0.902. The molecule has 0 radical (unpaired) electrons. The van der Waals surface area contributed by atoms with Crippen LogP contribution in [0.15, 0.2) is 55.0 Å². The van der Waals surface area contributed by atoms with Crippen molar-refractivity contribution in [2.45, 2.75) is 12.8 Å². The van der Waals surface area contributed by atoms with E-state index < -0.39 is 6.36 Å². The molecule has 3 aromatic rings. The zero-order valence-electron chi connectivity index (χ0n) is 12.5. The Kier molecular flexibility index (Phi) is 4.50. The molecular weight excluding hydrogens is 319 g/mol. The third-order valence-electron chi connectivity index (χ3n) is 3.43. The van der Waals surface area contributed by atoms with Gasteiger partial charge < -0.3 is 10.1 Å². The van der Waals surface area contributed by atoms with Crippen LogP contribution in [0.3, 0.4) is 0 Å². The number of aromatic nitrogens is 2. The Balaban J connectivity index is 1.60. The van der Waals surface area contributed by atoms with Gasteiger partial charge in [0.15, 0.2) is 0 Å². The summed E-state index contributed by atoms with van der Waals surface area (Å²) in [7, 11) is 0. The predicted octanol–water partition coefficient (Wildman–Crippen LogP) is 4.18. The van der Waals surface area contributed by atoms with Gasteiger partial charge in [0, 0.05) is 35.9 Å². The monoisotopic (exact) mass is 333 g/mol. The highest BCUT2D eigenvalue weighted by Crippen LogP contribution is 2.23. The molecule has 0 fully saturated rings. The summed E-state index contributed by atoms with van der Waals surface area (Å²) in [5.74, 6) is 0.536. The Bertz CT molecular complexity index is 814. The quantitative estimate of drug-likeness (QED) is 0.761. The van der Waals surface area contributed by atoms with Gasteiger partial charge in [-0.1, -0.05) is 12.1 Å². The SMILES string of the molecule is FC(F)(F)Oc1ccc(CCNc2nccc3cnccc23)cc1. The first kappa shape index (κ1) is 16.0. The number of hydrogen-bond acceptors (Lipinski definition) is 4. The molecule has 1 N–H and O–H groups in total. The minimum Gasteiger partial charge on any atom is -0.406 e. The number of alkyl halides is 3. The first-order valence-corrected chi connectivity index (χ1v) is 7.28. The van der Waals surface area contributed by atoms with Crippen molar-refractivity contribution in [3.63, 3.8) is 0 Å². The molecule has 0 unspecified atom stereocenters. The molecule has 0 atom stereocenters. The van der Waals surface area contributed by atoms with Crippen LogP contribution in [-0.2, 0) is 6.42 Å². The van der Waals surface area contributed by atoms with Crippen LogP contribution in [0.4, 0.5) is 19.0 Å². The van der Waals surface area contributed by atoms with E-state index in [9.17, 15) is 13.2 Å². The van der Waals surface area contributed by atoms with Crippen molar-refractivity contribution in [3.8, 4) is 5.75 Å². The van der Waals surface area contributed by atoms with E-state index in [0.29, 0.717) is 13.0 Å². The van der Waals surface area contributed by atoms with Crippen molar-refractivity contribution < 1.29 is 17.9 Å². The van der Waals surface area contributed by atoms with Crippen molar-refractivity contribution in [2.75, 3.05) is 11.9 Å². The fraction of sp³-hybridized carbons (Fsp3) is 0.176. The second-order valence-electron chi connectivity index (χ2n) is 5.12. The second-order valence-corrected chi connectivity index (χ2v) is 5.12. The number of rotatable bonds is 5. The summed E-state index contributed by atoms with van der Waals surface area (Å²) in [6, 6.07) is 9.61. The lowest BCUT2D eigenvalue weighted by Crippen LogP contribution is -2.17. The van der Waals surface area contributed by atoms with Gasteiger partial charge in [-0.2, -0.15) is 0 Å². The van der Waals surface area contributed by atoms with Crippen LogP contribution in [0, 0.1) is 0 Å². The standard InChI is InChI=1S/C17H14F3N3O/c18-17(19,20)24-14-3-1-12(2-4-14)5-9-22-16-15-7-8-21-11-13(15)6-10-23-16/h1-4,6-8,10-11H,5,9H2,(H,22,23). The maximum Gasteiger partial charge on any atom is 0.573 e. The lowest BCUT2D eigenvalue weighted by Gasteiger charge is -2.10. The molecule has 0 saturated carbocycles. The molecule has 2 aromatic heterocycles. The molecule has 0 aliphatic carbocycles. The summed E-state index contributed by atoms with van der Waals surface area (Å²) >= 11 is 0. The third-order valence-corrected chi connectivity index (χ3v) is 3.43. The molecule has 0 aliphatic rings. The smallest absolute Gasteiger partial charge is 0.406 e. The number of pyridine rings is 2. The fourth-order valence-corrected chi connectivity index (χ4v) is 2.34. The number of benzene rings is 1. The number of hydrogen-bond donors (Lipinski definition) is 1. The molecule has 0 bridgehead atoms. The molecule has 0 amide bonds. The van der Waals surface area contributed by atoms with Gasteiger partial charge in [-0.25, -0.2) is 4.98 Å². The Labute approximate surface area is 136 Å². The number of nitrogens with one attached hydrogen (secondary N) is 1. The molecule has 1 aromatic carbocycles. The zero-order valence-corrected chi connectivity index (χ0v) is 12.5. The molecule has 3 rings (SSSR count). The van der Waals surface area contributed by atoms with E-state index in [1.54, 1.807) is 30.7 Å². The largest absolute Gasteiger partial charge is 0.573 e. The average Bonchev–Trinajstić information content (AvgIpc) is 2.55. The Morgan fingerprint density at radius 2 is 1.79 bits per heavy atom. The maximum absolute atomic E-state index is 12.1. The van der Waals surface area contributed by atoms with Gasteiger partial charge in [0.1, 0.15) is 11.6 Å². The highest BCUT2D eigenvalue weighted by atomic mass is 19.4. The summed E-state index contributed by atoms with van der Waals surface area (Å²) in [4.78, 5) is 8.38. The number of halogens is 3. The van der Waals surface area contributed by atoms with E-state index >= 15 is 0 Å². The molecular formula is C17H14F3N3O. The Hall–Kier alpha value is -2.83. The summed E-state index contributed by atoms with van der Waals surface area (Å²) in [5, 5.41) is 5.20. The van der Waals surface area contributed by atoms with Crippen molar-refractivity contribution in [1.82, 2.24) is 9.97 Å². The normalized spacial score (nSPS) is 11.5. The van der Waals surface area contributed by atoms with Gasteiger partial charge in [0.25, 0.3) is 0 Å². The van der Waals surface area contributed by atoms with Crippen LogP contribution in [0.1, 0.15) is 5.56 Å². The highest BCUT2D eigenvalue weighted by molar-refractivity contribution is 5.90. The van der Waals surface area contributed by atoms with Crippen molar-refractivity contribution in [3.05, 3.63) is 60.6 Å². The van der Waals surface area contributed by atoms with Crippen LogP contribution < -0.4 is 10.1 Å². The first-order valence-electron chi connectivity index (χ1n) is 7.28. The van der Waals surface area contributed by atoms with E-state index in [1.165, 1.54) is 12.1 Å². The van der Waals surface area contributed by atoms with Gasteiger partial charge in [0.05, 0.1) is 0 Å². The molecule has 0 aliphatic heterocycles. The van der Waals surface area contributed by atoms with Gasteiger partial charge in [-0.05, 0) is 36.2 Å². The summed E-state index contributed by atoms with van der Waals surface area (Å²) in [6.07, 6.45) is 1.15. The number of nitrogens with zero attached hydrogens (tertiary/aromatic N) is 2. The lowest BCUT2D eigenvalue weighted by atomic mass is 10.1. The average molecular weight is 333 g/mol. The Morgan fingerprint density at radius 1 is 1.00 bits per heavy atom. The highest BCUT2D eigenvalue weighted by Gasteiger charge is 2.30.